The lowest BCUT2D eigenvalue weighted by Crippen LogP contribution is -2.35. The monoisotopic (exact) mass is 262 g/mol. The van der Waals surface area contributed by atoms with Crippen molar-refractivity contribution in [3.63, 3.8) is 0 Å². The number of anilines is 1. The summed E-state index contributed by atoms with van der Waals surface area (Å²) in [5, 5.41) is 0.845. The van der Waals surface area contributed by atoms with Crippen molar-refractivity contribution >= 4 is 16.7 Å². The topological polar surface area (TPSA) is 51.1 Å². The van der Waals surface area contributed by atoms with Crippen LogP contribution in [0.4, 0.5) is 10.2 Å². The zero-order valence-electron chi connectivity index (χ0n) is 10.7. The molecule has 0 bridgehead atoms. The van der Waals surface area contributed by atoms with E-state index in [4.69, 9.17) is 4.74 Å². The van der Waals surface area contributed by atoms with Gasteiger partial charge in [0.25, 0.3) is 0 Å². The summed E-state index contributed by atoms with van der Waals surface area (Å²) in [4.78, 5) is 14.7. The van der Waals surface area contributed by atoms with Crippen LogP contribution in [0.5, 0.6) is 5.75 Å². The number of hydrogen-bond donors (Lipinski definition) is 0. The van der Waals surface area contributed by atoms with Crippen molar-refractivity contribution < 1.29 is 9.13 Å². The molecule has 0 aromatic carbocycles. The number of fused-ring (bicyclic) bond motifs is 1. The van der Waals surface area contributed by atoms with Gasteiger partial charge in [0.15, 0.2) is 0 Å². The van der Waals surface area contributed by atoms with Crippen molar-refractivity contribution in [2.45, 2.75) is 19.0 Å². The van der Waals surface area contributed by atoms with E-state index in [0.717, 1.165) is 16.7 Å². The average Bonchev–Trinajstić information content (AvgIpc) is 2.47. The van der Waals surface area contributed by atoms with Gasteiger partial charge in [0.2, 0.25) is 0 Å². The molecule has 0 aliphatic carbocycles. The first-order valence-corrected chi connectivity index (χ1v) is 6.31. The van der Waals surface area contributed by atoms with E-state index in [2.05, 4.69) is 19.9 Å². The van der Waals surface area contributed by atoms with Crippen LogP contribution in [0.15, 0.2) is 18.7 Å². The molecule has 0 unspecified atom stereocenters. The zero-order chi connectivity index (χ0) is 13.2. The molecule has 0 amide bonds. The van der Waals surface area contributed by atoms with Crippen LogP contribution in [0, 0.1) is 0 Å². The lowest BCUT2D eigenvalue weighted by molar-refractivity contribution is 0.277. The highest BCUT2D eigenvalue weighted by Crippen LogP contribution is 2.32. The van der Waals surface area contributed by atoms with Crippen molar-refractivity contribution in [2.24, 2.45) is 0 Å². The summed E-state index contributed by atoms with van der Waals surface area (Å²) < 4.78 is 18.6. The third-order valence-corrected chi connectivity index (χ3v) is 3.44. The van der Waals surface area contributed by atoms with Crippen LogP contribution < -0.4 is 9.64 Å². The van der Waals surface area contributed by atoms with Gasteiger partial charge in [0.1, 0.15) is 24.1 Å². The Kier molecular flexibility index (Phi) is 3.15. The molecule has 2 aromatic heterocycles. The molecule has 0 radical (unpaired) electrons. The molecule has 0 saturated carbocycles. The minimum Gasteiger partial charge on any atom is -0.494 e. The van der Waals surface area contributed by atoms with Gasteiger partial charge < -0.3 is 9.64 Å². The Hall–Kier alpha value is -1.98. The van der Waals surface area contributed by atoms with Gasteiger partial charge in [-0.05, 0) is 12.8 Å². The summed E-state index contributed by atoms with van der Waals surface area (Å²) >= 11 is 0. The van der Waals surface area contributed by atoms with Gasteiger partial charge in [-0.2, -0.15) is 0 Å². The van der Waals surface area contributed by atoms with Crippen LogP contribution in [0.2, 0.25) is 0 Å². The molecular formula is C13H15FN4O. The lowest BCUT2D eigenvalue weighted by atomic mass is 10.1. The SMILES string of the molecule is COc1cncc2ncnc(N3CCC(F)CC3)c12. The van der Waals surface area contributed by atoms with Crippen LogP contribution in [0.3, 0.4) is 0 Å². The number of halogens is 1. The van der Waals surface area contributed by atoms with Gasteiger partial charge in [-0.15, -0.1) is 0 Å². The Balaban J connectivity index is 2.07. The number of ether oxygens (including phenoxy) is 1. The fourth-order valence-electron chi connectivity index (χ4n) is 2.42. The second-order valence-electron chi connectivity index (χ2n) is 4.59. The standard InChI is InChI=1S/C13H15FN4O/c1-19-11-7-15-6-10-12(11)13(17-8-16-10)18-4-2-9(14)3-5-18/h6-9H,2-5H2,1H3. The molecule has 1 fully saturated rings. The fraction of sp³-hybridized carbons (Fsp3) is 0.462. The number of alkyl halides is 1. The Labute approximate surface area is 110 Å². The first-order valence-electron chi connectivity index (χ1n) is 6.31. The molecule has 0 atom stereocenters. The molecule has 2 aromatic rings. The van der Waals surface area contributed by atoms with Gasteiger partial charge >= 0.3 is 0 Å². The lowest BCUT2D eigenvalue weighted by Gasteiger charge is -2.30. The van der Waals surface area contributed by atoms with E-state index < -0.39 is 6.17 Å². The number of piperidine rings is 1. The number of hydrogen-bond acceptors (Lipinski definition) is 5. The van der Waals surface area contributed by atoms with Crippen molar-refractivity contribution in [1.29, 1.82) is 0 Å². The third-order valence-electron chi connectivity index (χ3n) is 3.44. The number of nitrogens with zero attached hydrogens (tertiary/aromatic N) is 4. The van der Waals surface area contributed by atoms with Crippen LogP contribution in [0.25, 0.3) is 10.9 Å². The molecule has 3 heterocycles. The minimum atomic E-state index is -0.701. The Morgan fingerprint density at radius 3 is 2.79 bits per heavy atom. The molecule has 1 aliphatic rings. The molecule has 0 spiro atoms. The van der Waals surface area contributed by atoms with Gasteiger partial charge in [-0.25, -0.2) is 14.4 Å². The molecule has 1 saturated heterocycles. The van der Waals surface area contributed by atoms with Crippen molar-refractivity contribution in [1.82, 2.24) is 15.0 Å². The summed E-state index contributed by atoms with van der Waals surface area (Å²) in [7, 11) is 1.60. The van der Waals surface area contributed by atoms with Gasteiger partial charge in [-0.1, -0.05) is 0 Å². The van der Waals surface area contributed by atoms with Crippen molar-refractivity contribution in [3.05, 3.63) is 18.7 Å². The Morgan fingerprint density at radius 1 is 1.26 bits per heavy atom. The molecule has 0 N–H and O–H groups in total. The first-order chi connectivity index (χ1) is 9.29. The molecule has 6 heteroatoms. The maximum absolute atomic E-state index is 13.2. The molecule has 19 heavy (non-hydrogen) atoms. The molecule has 100 valence electrons. The quantitative estimate of drug-likeness (QED) is 0.828. The van der Waals surface area contributed by atoms with Gasteiger partial charge in [0.05, 0.1) is 30.4 Å². The van der Waals surface area contributed by atoms with Crippen LogP contribution in [-0.2, 0) is 0 Å². The van der Waals surface area contributed by atoms with E-state index in [9.17, 15) is 4.39 Å². The van der Waals surface area contributed by atoms with E-state index >= 15 is 0 Å². The predicted molar refractivity (Wildman–Crippen MR) is 70.2 cm³/mol. The van der Waals surface area contributed by atoms with E-state index in [1.54, 1.807) is 19.5 Å². The van der Waals surface area contributed by atoms with Crippen LogP contribution in [-0.4, -0.2) is 41.3 Å². The van der Waals surface area contributed by atoms with Gasteiger partial charge in [0, 0.05) is 13.1 Å². The molecular weight excluding hydrogens is 247 g/mol. The highest BCUT2D eigenvalue weighted by molar-refractivity contribution is 5.94. The van der Waals surface area contributed by atoms with Crippen molar-refractivity contribution in [3.8, 4) is 5.75 Å². The van der Waals surface area contributed by atoms with E-state index in [1.807, 2.05) is 0 Å². The molecule has 1 aliphatic heterocycles. The van der Waals surface area contributed by atoms with E-state index in [-0.39, 0.29) is 0 Å². The maximum Gasteiger partial charge on any atom is 0.150 e. The highest BCUT2D eigenvalue weighted by Gasteiger charge is 2.22. The largest absolute Gasteiger partial charge is 0.494 e. The summed E-state index contributed by atoms with van der Waals surface area (Å²) in [6.07, 6.45) is 5.23. The number of pyridine rings is 1. The molecule has 3 rings (SSSR count). The number of aromatic nitrogens is 3. The van der Waals surface area contributed by atoms with Gasteiger partial charge in [-0.3, -0.25) is 4.98 Å². The highest BCUT2D eigenvalue weighted by atomic mass is 19.1. The van der Waals surface area contributed by atoms with Crippen LogP contribution in [0.1, 0.15) is 12.8 Å². The molecule has 5 nitrogen and oxygen atoms in total. The summed E-state index contributed by atoms with van der Waals surface area (Å²) in [5.74, 6) is 1.45. The van der Waals surface area contributed by atoms with Crippen LogP contribution >= 0.6 is 0 Å². The zero-order valence-corrected chi connectivity index (χ0v) is 10.7. The van der Waals surface area contributed by atoms with Crippen molar-refractivity contribution in [2.75, 3.05) is 25.1 Å². The normalized spacial score (nSPS) is 16.8. The Bertz CT molecular complexity index is 579. The van der Waals surface area contributed by atoms with E-state index in [1.165, 1.54) is 6.33 Å². The average molecular weight is 262 g/mol. The third kappa shape index (κ3) is 2.18. The minimum absolute atomic E-state index is 0.541. The summed E-state index contributed by atoms with van der Waals surface area (Å²) in [6, 6.07) is 0. The predicted octanol–water partition coefficient (Wildman–Crippen LogP) is 1.97. The summed E-state index contributed by atoms with van der Waals surface area (Å²) in [5.41, 5.74) is 0.742. The number of methoxy groups -OCH3 is 1. The number of rotatable bonds is 2. The second kappa shape index (κ2) is 4.95. The first kappa shape index (κ1) is 12.1. The smallest absolute Gasteiger partial charge is 0.150 e. The maximum atomic E-state index is 13.2. The van der Waals surface area contributed by atoms with E-state index in [0.29, 0.717) is 31.7 Å². The Morgan fingerprint density at radius 2 is 2.05 bits per heavy atom. The second-order valence-corrected chi connectivity index (χ2v) is 4.59. The summed E-state index contributed by atoms with van der Waals surface area (Å²) in [6.45, 7) is 1.33. The fourth-order valence-corrected chi connectivity index (χ4v) is 2.42.